The summed E-state index contributed by atoms with van der Waals surface area (Å²) in [6, 6.07) is 6.85. The summed E-state index contributed by atoms with van der Waals surface area (Å²) in [5.74, 6) is -0.902. The summed E-state index contributed by atoms with van der Waals surface area (Å²) in [7, 11) is 4.05. The van der Waals surface area contributed by atoms with Crippen LogP contribution >= 0.6 is 0 Å². The van der Waals surface area contributed by atoms with Crippen LogP contribution < -0.4 is 5.32 Å². The highest BCUT2D eigenvalue weighted by molar-refractivity contribution is 5.88. The minimum absolute atomic E-state index is 0.0131. The van der Waals surface area contributed by atoms with E-state index >= 15 is 0 Å². The van der Waals surface area contributed by atoms with Crippen LogP contribution in [0.3, 0.4) is 0 Å². The molecule has 0 aliphatic carbocycles. The molecule has 0 saturated heterocycles. The van der Waals surface area contributed by atoms with E-state index in [1.54, 1.807) is 18.2 Å². The van der Waals surface area contributed by atoms with Crippen molar-refractivity contribution in [3.63, 3.8) is 0 Å². The molecule has 0 aromatic heterocycles. The van der Waals surface area contributed by atoms with Crippen LogP contribution in [-0.4, -0.2) is 42.2 Å². The molecule has 1 aromatic rings. The number of carbonyl (C=O) groups is 1. The number of nitrogens with one attached hydrogen (secondary N) is 1. The maximum atomic E-state index is 10.8. The molecule has 0 amide bonds. The number of carboxylic acids is 1. The summed E-state index contributed by atoms with van der Waals surface area (Å²) < 4.78 is 0. The van der Waals surface area contributed by atoms with Crippen LogP contribution in [-0.2, 0) is 0 Å². The van der Waals surface area contributed by atoms with Gasteiger partial charge in [0.15, 0.2) is 0 Å². The lowest BCUT2D eigenvalue weighted by Crippen LogP contribution is -2.44. The number of carboxylic acid groups (broad SMARTS) is 1. The summed E-state index contributed by atoms with van der Waals surface area (Å²) in [5.41, 5.74) is 1.15. The van der Waals surface area contributed by atoms with E-state index in [1.807, 2.05) is 20.2 Å². The summed E-state index contributed by atoms with van der Waals surface area (Å²) in [5, 5.41) is 12.1. The van der Waals surface area contributed by atoms with Gasteiger partial charge in [-0.1, -0.05) is 6.07 Å². The molecular weight excluding hydrogens is 216 g/mol. The molecule has 0 bridgehead atoms. The molecule has 0 aliphatic rings. The predicted octanol–water partition coefficient (Wildman–Crippen LogP) is 2.14. The van der Waals surface area contributed by atoms with Crippen LogP contribution in [0.2, 0.25) is 0 Å². The van der Waals surface area contributed by atoms with Gasteiger partial charge in [-0.15, -0.1) is 0 Å². The Bertz CT molecular complexity index is 400. The van der Waals surface area contributed by atoms with Gasteiger partial charge in [0.25, 0.3) is 0 Å². The average molecular weight is 236 g/mol. The van der Waals surface area contributed by atoms with E-state index in [1.165, 1.54) is 0 Å². The van der Waals surface area contributed by atoms with Crippen LogP contribution in [0.4, 0.5) is 5.69 Å². The Morgan fingerprint density at radius 2 is 2.06 bits per heavy atom. The van der Waals surface area contributed by atoms with E-state index in [2.05, 4.69) is 24.1 Å². The molecular formula is C13H20N2O2. The molecule has 2 N–H and O–H groups in total. The molecule has 0 atom stereocenters. The SMILES string of the molecule is CN(C)C(C)(C)CNc1cccc(C(=O)O)c1. The largest absolute Gasteiger partial charge is 0.478 e. The third kappa shape index (κ3) is 3.75. The number of rotatable bonds is 5. The number of nitrogens with zero attached hydrogens (tertiary/aromatic N) is 1. The second-order valence-corrected chi connectivity index (χ2v) is 4.95. The van der Waals surface area contributed by atoms with Gasteiger partial charge in [0.1, 0.15) is 0 Å². The van der Waals surface area contributed by atoms with E-state index in [9.17, 15) is 4.79 Å². The molecule has 94 valence electrons. The summed E-state index contributed by atoms with van der Waals surface area (Å²) in [6.07, 6.45) is 0. The highest BCUT2D eigenvalue weighted by atomic mass is 16.4. The number of hydrogen-bond donors (Lipinski definition) is 2. The molecule has 4 heteroatoms. The number of anilines is 1. The monoisotopic (exact) mass is 236 g/mol. The van der Waals surface area contributed by atoms with Crippen molar-refractivity contribution in [3.05, 3.63) is 29.8 Å². The number of aromatic carboxylic acids is 1. The molecule has 0 saturated carbocycles. The minimum atomic E-state index is -0.902. The Morgan fingerprint density at radius 1 is 1.41 bits per heavy atom. The second kappa shape index (κ2) is 5.19. The Balaban J connectivity index is 2.70. The highest BCUT2D eigenvalue weighted by Gasteiger charge is 2.19. The van der Waals surface area contributed by atoms with Crippen LogP contribution in [0, 0.1) is 0 Å². The van der Waals surface area contributed by atoms with Gasteiger partial charge in [-0.05, 0) is 46.1 Å². The lowest BCUT2D eigenvalue weighted by atomic mass is 10.0. The molecule has 0 radical (unpaired) electrons. The molecule has 1 aromatic carbocycles. The van der Waals surface area contributed by atoms with E-state index in [0.717, 1.165) is 12.2 Å². The van der Waals surface area contributed by atoms with Gasteiger partial charge in [-0.2, -0.15) is 0 Å². The predicted molar refractivity (Wildman–Crippen MR) is 69.7 cm³/mol. The molecule has 17 heavy (non-hydrogen) atoms. The first kappa shape index (κ1) is 13.5. The lowest BCUT2D eigenvalue weighted by Gasteiger charge is -2.33. The lowest BCUT2D eigenvalue weighted by molar-refractivity contribution is 0.0697. The molecule has 1 rings (SSSR count). The van der Waals surface area contributed by atoms with Gasteiger partial charge in [0.2, 0.25) is 0 Å². The third-order valence-corrected chi connectivity index (χ3v) is 3.05. The van der Waals surface area contributed by atoms with Gasteiger partial charge >= 0.3 is 5.97 Å². The van der Waals surface area contributed by atoms with Gasteiger partial charge in [-0.3, -0.25) is 0 Å². The van der Waals surface area contributed by atoms with Crippen molar-refractivity contribution in [3.8, 4) is 0 Å². The first-order chi connectivity index (χ1) is 7.83. The highest BCUT2D eigenvalue weighted by Crippen LogP contribution is 2.14. The first-order valence-corrected chi connectivity index (χ1v) is 5.57. The van der Waals surface area contributed by atoms with Crippen LogP contribution in [0.25, 0.3) is 0 Å². The maximum Gasteiger partial charge on any atom is 0.335 e. The second-order valence-electron chi connectivity index (χ2n) is 4.95. The van der Waals surface area contributed by atoms with Crippen molar-refractivity contribution in [2.75, 3.05) is 26.0 Å². The average Bonchev–Trinajstić information content (AvgIpc) is 2.26. The van der Waals surface area contributed by atoms with Crippen LogP contribution in [0.1, 0.15) is 24.2 Å². The fourth-order valence-electron chi connectivity index (χ4n) is 1.24. The minimum Gasteiger partial charge on any atom is -0.478 e. The molecule has 0 unspecified atom stereocenters. The van der Waals surface area contributed by atoms with Crippen molar-refractivity contribution >= 4 is 11.7 Å². The van der Waals surface area contributed by atoms with E-state index in [4.69, 9.17) is 5.11 Å². The normalized spacial score (nSPS) is 11.6. The van der Waals surface area contributed by atoms with Crippen LogP contribution in [0.15, 0.2) is 24.3 Å². The van der Waals surface area contributed by atoms with Crippen molar-refractivity contribution in [2.24, 2.45) is 0 Å². The zero-order valence-electron chi connectivity index (χ0n) is 10.8. The van der Waals surface area contributed by atoms with Gasteiger partial charge in [0, 0.05) is 17.8 Å². The quantitative estimate of drug-likeness (QED) is 0.822. The van der Waals surface area contributed by atoms with Crippen LogP contribution in [0.5, 0.6) is 0 Å². The standard InChI is InChI=1S/C13H20N2O2/c1-13(2,15(3)4)9-14-11-7-5-6-10(8-11)12(16)17/h5-8,14H,9H2,1-4H3,(H,16,17). The molecule has 4 nitrogen and oxygen atoms in total. The molecule has 0 spiro atoms. The zero-order chi connectivity index (χ0) is 13.1. The van der Waals surface area contributed by atoms with E-state index < -0.39 is 5.97 Å². The first-order valence-electron chi connectivity index (χ1n) is 5.57. The van der Waals surface area contributed by atoms with E-state index in [-0.39, 0.29) is 5.54 Å². The Labute approximate surface area is 102 Å². The topological polar surface area (TPSA) is 52.6 Å². The summed E-state index contributed by atoms with van der Waals surface area (Å²) in [6.45, 7) is 5.01. The Hall–Kier alpha value is -1.55. The van der Waals surface area contributed by atoms with E-state index in [0.29, 0.717) is 5.56 Å². The van der Waals surface area contributed by atoms with Crippen molar-refractivity contribution in [1.82, 2.24) is 4.90 Å². The number of likely N-dealkylation sites (N-methyl/N-ethyl adjacent to an activating group) is 1. The summed E-state index contributed by atoms with van der Waals surface area (Å²) >= 11 is 0. The smallest absolute Gasteiger partial charge is 0.335 e. The summed E-state index contributed by atoms with van der Waals surface area (Å²) in [4.78, 5) is 13.0. The maximum absolute atomic E-state index is 10.8. The fraction of sp³-hybridized carbons (Fsp3) is 0.462. The van der Waals surface area contributed by atoms with Crippen molar-refractivity contribution < 1.29 is 9.90 Å². The van der Waals surface area contributed by atoms with Crippen molar-refractivity contribution in [1.29, 1.82) is 0 Å². The van der Waals surface area contributed by atoms with Gasteiger partial charge in [-0.25, -0.2) is 4.79 Å². The Morgan fingerprint density at radius 3 is 2.59 bits per heavy atom. The molecule has 0 aliphatic heterocycles. The molecule has 0 heterocycles. The third-order valence-electron chi connectivity index (χ3n) is 3.05. The fourth-order valence-corrected chi connectivity index (χ4v) is 1.24. The Kier molecular flexibility index (Phi) is 4.12. The van der Waals surface area contributed by atoms with Gasteiger partial charge in [0.05, 0.1) is 5.56 Å². The number of benzene rings is 1. The number of hydrogen-bond acceptors (Lipinski definition) is 3. The zero-order valence-corrected chi connectivity index (χ0v) is 10.8. The van der Waals surface area contributed by atoms with Gasteiger partial charge < -0.3 is 15.3 Å². The van der Waals surface area contributed by atoms with Crippen molar-refractivity contribution in [2.45, 2.75) is 19.4 Å². The molecule has 0 fully saturated rings.